The van der Waals surface area contributed by atoms with E-state index < -0.39 is 17.2 Å². The zero-order valence-electron chi connectivity index (χ0n) is 15.9. The van der Waals surface area contributed by atoms with Crippen LogP contribution in [0.3, 0.4) is 0 Å². The normalized spacial score (nSPS) is 15.5. The molecular weight excluding hydrogens is 363 g/mol. The Balaban J connectivity index is 1.46. The van der Waals surface area contributed by atoms with Crippen molar-refractivity contribution >= 4 is 5.91 Å². The summed E-state index contributed by atoms with van der Waals surface area (Å²) in [5, 5.41) is 0. The van der Waals surface area contributed by atoms with Crippen molar-refractivity contribution < 1.29 is 9.18 Å². The molecule has 3 rings (SSSR count). The Hall–Kier alpha value is -2.74. The molecule has 2 aromatic rings. The van der Waals surface area contributed by atoms with Crippen LogP contribution in [0, 0.1) is 11.7 Å². The van der Waals surface area contributed by atoms with Gasteiger partial charge in [0.2, 0.25) is 0 Å². The van der Waals surface area contributed by atoms with Gasteiger partial charge in [-0.15, -0.1) is 0 Å². The summed E-state index contributed by atoms with van der Waals surface area (Å²) in [5.74, 6) is -0.238. The Labute approximate surface area is 162 Å². The average Bonchev–Trinajstić information content (AvgIpc) is 2.67. The smallest absolute Gasteiger partial charge is 0.325 e. The number of nitrogens with one attached hydrogen (secondary N) is 2. The lowest BCUT2D eigenvalue weighted by Gasteiger charge is -2.33. The molecule has 0 saturated carbocycles. The number of H-pyrrole nitrogens is 2. The highest BCUT2D eigenvalue weighted by molar-refractivity contribution is 5.93. The van der Waals surface area contributed by atoms with Crippen molar-refractivity contribution in [3.63, 3.8) is 0 Å². The maximum absolute atomic E-state index is 13.3. The van der Waals surface area contributed by atoms with Gasteiger partial charge in [-0.1, -0.05) is 12.1 Å². The molecule has 1 aliphatic heterocycles. The van der Waals surface area contributed by atoms with E-state index in [9.17, 15) is 18.8 Å². The van der Waals surface area contributed by atoms with Crippen LogP contribution >= 0.6 is 0 Å². The summed E-state index contributed by atoms with van der Waals surface area (Å²) in [6.45, 7) is 3.31. The minimum absolute atomic E-state index is 0.0605. The minimum atomic E-state index is -0.673. The lowest BCUT2D eigenvalue weighted by molar-refractivity contribution is 0.0738. The molecular formula is C20H25FN4O3. The zero-order chi connectivity index (χ0) is 20.1. The molecule has 1 aromatic heterocycles. The maximum atomic E-state index is 13.3. The first-order valence-electron chi connectivity index (χ1n) is 9.46. The first-order chi connectivity index (χ1) is 13.4. The number of aromatic nitrogens is 2. The number of carbonyl (C=O) groups excluding carboxylic acids is 1. The molecule has 1 aliphatic rings. The lowest BCUT2D eigenvalue weighted by atomic mass is 9.95. The third kappa shape index (κ3) is 5.16. The van der Waals surface area contributed by atoms with Crippen LogP contribution in [0.15, 0.2) is 40.1 Å². The molecule has 0 radical (unpaired) electrons. The number of piperidine rings is 1. The molecule has 0 spiro atoms. The molecule has 7 nitrogen and oxygen atoms in total. The largest absolute Gasteiger partial charge is 0.341 e. The number of amides is 1. The number of benzene rings is 1. The van der Waals surface area contributed by atoms with E-state index in [2.05, 4.69) is 14.9 Å². The quantitative estimate of drug-likeness (QED) is 0.779. The number of halogens is 1. The third-order valence-corrected chi connectivity index (χ3v) is 5.24. The number of hydrogen-bond donors (Lipinski definition) is 2. The first kappa shape index (κ1) is 20.0. The second-order valence-corrected chi connectivity index (χ2v) is 7.34. The fourth-order valence-electron chi connectivity index (χ4n) is 3.62. The average molecular weight is 388 g/mol. The van der Waals surface area contributed by atoms with Gasteiger partial charge < -0.3 is 14.8 Å². The molecule has 0 aliphatic carbocycles. The van der Waals surface area contributed by atoms with Crippen molar-refractivity contribution in [2.75, 3.05) is 33.2 Å². The van der Waals surface area contributed by atoms with Crippen LogP contribution in [0.25, 0.3) is 0 Å². The summed E-state index contributed by atoms with van der Waals surface area (Å²) in [6.07, 6.45) is 3.90. The van der Waals surface area contributed by atoms with E-state index in [-0.39, 0.29) is 11.4 Å². The van der Waals surface area contributed by atoms with E-state index in [1.807, 2.05) is 6.07 Å². The second kappa shape index (κ2) is 8.97. The van der Waals surface area contributed by atoms with Crippen LogP contribution < -0.4 is 11.2 Å². The van der Waals surface area contributed by atoms with Gasteiger partial charge in [-0.05, 0) is 56.0 Å². The summed E-state index contributed by atoms with van der Waals surface area (Å²) < 4.78 is 13.3. The molecule has 0 unspecified atom stereocenters. The highest BCUT2D eigenvalue weighted by Gasteiger charge is 2.23. The summed E-state index contributed by atoms with van der Waals surface area (Å²) in [4.78, 5) is 43.6. The third-order valence-electron chi connectivity index (χ3n) is 5.24. The topological polar surface area (TPSA) is 89.3 Å². The van der Waals surface area contributed by atoms with E-state index in [0.29, 0.717) is 12.5 Å². The van der Waals surface area contributed by atoms with Gasteiger partial charge in [0.15, 0.2) is 0 Å². The molecule has 0 bridgehead atoms. The van der Waals surface area contributed by atoms with Gasteiger partial charge in [0.05, 0.1) is 0 Å². The Morgan fingerprint density at radius 2 is 2.04 bits per heavy atom. The molecule has 8 heteroatoms. The standard InChI is InChI=1S/C20H25FN4O3/c1-24(19(27)17-12-22-20(28)23-18(17)26)13-15-6-9-25(10-7-15)8-5-14-3-2-4-16(21)11-14/h2-4,11-12,15H,5-10,13H2,1H3,(H2,22,23,26,28). The van der Waals surface area contributed by atoms with E-state index in [0.717, 1.165) is 50.7 Å². The van der Waals surface area contributed by atoms with Gasteiger partial charge in [-0.2, -0.15) is 0 Å². The molecule has 1 aromatic carbocycles. The molecule has 2 heterocycles. The number of nitrogens with zero attached hydrogens (tertiary/aromatic N) is 2. The van der Waals surface area contributed by atoms with Gasteiger partial charge >= 0.3 is 5.69 Å². The molecule has 150 valence electrons. The number of carbonyl (C=O) groups is 1. The number of hydrogen-bond acceptors (Lipinski definition) is 4. The second-order valence-electron chi connectivity index (χ2n) is 7.34. The van der Waals surface area contributed by atoms with Crippen LogP contribution in [0.5, 0.6) is 0 Å². The number of rotatable bonds is 6. The Morgan fingerprint density at radius 1 is 1.29 bits per heavy atom. The summed E-state index contributed by atoms with van der Waals surface area (Å²) >= 11 is 0. The summed E-state index contributed by atoms with van der Waals surface area (Å²) in [7, 11) is 1.67. The number of aromatic amines is 2. The number of likely N-dealkylation sites (tertiary alicyclic amines) is 1. The summed E-state index contributed by atoms with van der Waals surface area (Å²) in [6, 6.07) is 6.70. The molecule has 2 N–H and O–H groups in total. The van der Waals surface area contributed by atoms with Crippen molar-refractivity contribution in [2.45, 2.75) is 19.3 Å². The molecule has 28 heavy (non-hydrogen) atoms. The van der Waals surface area contributed by atoms with E-state index in [1.54, 1.807) is 19.2 Å². The van der Waals surface area contributed by atoms with Crippen molar-refractivity contribution in [1.82, 2.24) is 19.8 Å². The molecule has 1 fully saturated rings. The van der Waals surface area contributed by atoms with Crippen molar-refractivity contribution in [1.29, 1.82) is 0 Å². The van der Waals surface area contributed by atoms with Crippen LogP contribution in [0.2, 0.25) is 0 Å². The van der Waals surface area contributed by atoms with E-state index in [4.69, 9.17) is 0 Å². The predicted molar refractivity (Wildman–Crippen MR) is 104 cm³/mol. The van der Waals surface area contributed by atoms with Crippen LogP contribution in [-0.2, 0) is 6.42 Å². The van der Waals surface area contributed by atoms with Gasteiger partial charge in [-0.25, -0.2) is 9.18 Å². The summed E-state index contributed by atoms with van der Waals surface area (Å²) in [5.41, 5.74) is -0.365. The van der Waals surface area contributed by atoms with E-state index in [1.165, 1.54) is 11.0 Å². The fourth-order valence-corrected chi connectivity index (χ4v) is 3.62. The maximum Gasteiger partial charge on any atom is 0.325 e. The van der Waals surface area contributed by atoms with Gasteiger partial charge in [0.1, 0.15) is 11.4 Å². The Morgan fingerprint density at radius 3 is 2.71 bits per heavy atom. The fraction of sp³-hybridized carbons (Fsp3) is 0.450. The SMILES string of the molecule is CN(CC1CCN(CCc2cccc(F)c2)CC1)C(=O)c1c[nH]c(=O)[nH]c1=O. The Bertz CT molecular complexity index is 931. The lowest BCUT2D eigenvalue weighted by Crippen LogP contribution is -2.41. The van der Waals surface area contributed by atoms with Gasteiger partial charge in [0.25, 0.3) is 11.5 Å². The highest BCUT2D eigenvalue weighted by Crippen LogP contribution is 2.19. The molecule has 0 atom stereocenters. The minimum Gasteiger partial charge on any atom is -0.341 e. The Kier molecular flexibility index (Phi) is 6.41. The van der Waals surface area contributed by atoms with Crippen LogP contribution in [-0.4, -0.2) is 58.9 Å². The van der Waals surface area contributed by atoms with Crippen molar-refractivity contribution in [2.24, 2.45) is 5.92 Å². The first-order valence-corrected chi connectivity index (χ1v) is 9.46. The van der Waals surface area contributed by atoms with E-state index >= 15 is 0 Å². The molecule has 1 saturated heterocycles. The van der Waals surface area contributed by atoms with Gasteiger partial charge in [-0.3, -0.25) is 14.6 Å². The molecule has 1 amide bonds. The highest BCUT2D eigenvalue weighted by atomic mass is 19.1. The van der Waals surface area contributed by atoms with Gasteiger partial charge in [0, 0.05) is 26.3 Å². The monoisotopic (exact) mass is 388 g/mol. The van der Waals surface area contributed by atoms with Crippen LogP contribution in [0.4, 0.5) is 4.39 Å². The van der Waals surface area contributed by atoms with Crippen molar-refractivity contribution in [3.8, 4) is 0 Å². The van der Waals surface area contributed by atoms with Crippen LogP contribution in [0.1, 0.15) is 28.8 Å². The zero-order valence-corrected chi connectivity index (χ0v) is 15.9. The van der Waals surface area contributed by atoms with Crippen molar-refractivity contribution in [3.05, 3.63) is 68.2 Å². The predicted octanol–water partition coefficient (Wildman–Crippen LogP) is 1.23.